The number of benzene rings is 1. The summed E-state index contributed by atoms with van der Waals surface area (Å²) in [5.74, 6) is 0.176. The summed E-state index contributed by atoms with van der Waals surface area (Å²) in [7, 11) is 0. The van der Waals surface area contributed by atoms with Gasteiger partial charge in [-0.15, -0.1) is 0 Å². The predicted molar refractivity (Wildman–Crippen MR) is 76.4 cm³/mol. The summed E-state index contributed by atoms with van der Waals surface area (Å²) in [4.78, 5) is 0. The van der Waals surface area contributed by atoms with Crippen LogP contribution in [0.1, 0.15) is 25.7 Å². The fourth-order valence-corrected chi connectivity index (χ4v) is 1.14. The maximum Gasteiger partial charge on any atom is 0.119 e. The monoisotopic (exact) mass is 260 g/mol. The summed E-state index contributed by atoms with van der Waals surface area (Å²) >= 11 is 0. The summed E-state index contributed by atoms with van der Waals surface area (Å²) in [6, 6.07) is 5.85. The lowest BCUT2D eigenvalue weighted by molar-refractivity contribution is 0.450. The predicted octanol–water partition coefficient (Wildman–Crippen LogP) is 1.89. The van der Waals surface area contributed by atoms with E-state index in [1.54, 1.807) is 6.07 Å². The van der Waals surface area contributed by atoms with Crippen molar-refractivity contribution < 1.29 is 10.2 Å². The second-order valence-corrected chi connectivity index (χ2v) is 3.51. The number of unbranched alkanes of at least 4 members (excludes halogenated alkanes) is 3. The third-order valence-corrected chi connectivity index (χ3v) is 1.99. The van der Waals surface area contributed by atoms with Crippen LogP contribution in [-0.2, 0) is 0 Å². The summed E-state index contributed by atoms with van der Waals surface area (Å²) in [5.41, 5.74) is 10.6. The van der Waals surface area contributed by atoms with Gasteiger partial charge in [0.2, 0.25) is 0 Å². The normalized spacial score (nSPS) is 8.33. The molecule has 0 saturated heterocycles. The first-order valence-corrected chi connectivity index (χ1v) is 5.59. The van der Waals surface area contributed by atoms with Crippen molar-refractivity contribution in [1.82, 2.24) is 12.3 Å². The zero-order chi connectivity index (χ0) is 12.2. The minimum Gasteiger partial charge on any atom is -0.508 e. The van der Waals surface area contributed by atoms with E-state index in [0.717, 1.165) is 25.9 Å². The van der Waals surface area contributed by atoms with E-state index < -0.39 is 0 Å². The quantitative estimate of drug-likeness (QED) is 0.443. The van der Waals surface area contributed by atoms with E-state index in [1.165, 1.54) is 31.0 Å². The molecule has 0 saturated carbocycles. The first kappa shape index (κ1) is 21.9. The van der Waals surface area contributed by atoms with Crippen molar-refractivity contribution in [3.8, 4) is 11.5 Å². The number of nitrogens with two attached hydrogens (primary N) is 2. The van der Waals surface area contributed by atoms with E-state index in [4.69, 9.17) is 21.7 Å². The van der Waals surface area contributed by atoms with Gasteiger partial charge >= 0.3 is 0 Å². The van der Waals surface area contributed by atoms with E-state index in [9.17, 15) is 0 Å². The first-order valence-electron chi connectivity index (χ1n) is 5.59. The molecule has 18 heavy (non-hydrogen) atoms. The Kier molecular flexibility index (Phi) is 19.0. The SMILES string of the molecule is N.N.NCCCCCCN.Oc1cccc(O)c1. The largest absolute Gasteiger partial charge is 0.508 e. The van der Waals surface area contributed by atoms with E-state index >= 15 is 0 Å². The number of rotatable bonds is 5. The Bertz CT molecular complexity index is 249. The molecule has 0 amide bonds. The molecule has 0 atom stereocenters. The number of hydrogen-bond acceptors (Lipinski definition) is 6. The minimum absolute atomic E-state index is 0. The number of phenolic OH excluding ortho intramolecular Hbond substituents is 2. The maximum atomic E-state index is 8.65. The molecule has 0 aliphatic carbocycles. The van der Waals surface area contributed by atoms with Crippen molar-refractivity contribution >= 4 is 0 Å². The number of hydrogen-bond donors (Lipinski definition) is 6. The Morgan fingerprint density at radius 3 is 1.39 bits per heavy atom. The molecule has 0 aliphatic rings. The van der Waals surface area contributed by atoms with Gasteiger partial charge in [-0.2, -0.15) is 0 Å². The highest BCUT2D eigenvalue weighted by molar-refractivity contribution is 5.30. The standard InChI is InChI=1S/C6H16N2.C6H6O2.2H3N/c7-5-3-1-2-4-6-8;7-5-2-1-3-6(8)4-5;;/h1-8H2;1-4,7-8H;2*1H3. The molecule has 6 nitrogen and oxygen atoms in total. The Hall–Kier alpha value is -1.34. The lowest BCUT2D eigenvalue weighted by atomic mass is 10.2. The first-order chi connectivity index (χ1) is 7.70. The van der Waals surface area contributed by atoms with Crippen LogP contribution in [0.25, 0.3) is 0 Å². The van der Waals surface area contributed by atoms with Gasteiger partial charge in [0.25, 0.3) is 0 Å². The molecule has 0 unspecified atom stereocenters. The molecule has 108 valence electrons. The van der Waals surface area contributed by atoms with Crippen LogP contribution in [0.2, 0.25) is 0 Å². The summed E-state index contributed by atoms with van der Waals surface area (Å²) < 4.78 is 0. The van der Waals surface area contributed by atoms with Crippen LogP contribution in [0, 0.1) is 0 Å². The number of aromatic hydroxyl groups is 2. The van der Waals surface area contributed by atoms with Crippen molar-refractivity contribution in [2.75, 3.05) is 13.1 Å². The van der Waals surface area contributed by atoms with Gasteiger partial charge in [0, 0.05) is 6.07 Å². The Morgan fingerprint density at radius 2 is 1.17 bits per heavy atom. The molecule has 0 aliphatic heterocycles. The fraction of sp³-hybridized carbons (Fsp3) is 0.500. The smallest absolute Gasteiger partial charge is 0.119 e. The van der Waals surface area contributed by atoms with Crippen LogP contribution in [-0.4, -0.2) is 23.3 Å². The second kappa shape index (κ2) is 15.7. The Labute approximate surface area is 109 Å². The van der Waals surface area contributed by atoms with Gasteiger partial charge in [-0.05, 0) is 38.1 Å². The highest BCUT2D eigenvalue weighted by Gasteiger charge is 1.85. The Morgan fingerprint density at radius 1 is 0.778 bits per heavy atom. The molecule has 0 bridgehead atoms. The van der Waals surface area contributed by atoms with Gasteiger partial charge < -0.3 is 34.0 Å². The van der Waals surface area contributed by atoms with Gasteiger partial charge in [-0.1, -0.05) is 18.9 Å². The third-order valence-electron chi connectivity index (χ3n) is 1.99. The zero-order valence-corrected chi connectivity index (χ0v) is 11.0. The third kappa shape index (κ3) is 14.7. The van der Waals surface area contributed by atoms with Crippen molar-refractivity contribution in [3.63, 3.8) is 0 Å². The molecule has 0 aromatic heterocycles. The van der Waals surface area contributed by atoms with Gasteiger partial charge in [-0.25, -0.2) is 0 Å². The number of phenols is 2. The highest BCUT2D eigenvalue weighted by Crippen LogP contribution is 2.14. The van der Waals surface area contributed by atoms with Gasteiger partial charge in [0.05, 0.1) is 0 Å². The molecule has 6 heteroatoms. The van der Waals surface area contributed by atoms with Crippen molar-refractivity contribution in [2.45, 2.75) is 25.7 Å². The minimum atomic E-state index is 0. The molecule has 12 N–H and O–H groups in total. The molecule has 1 aromatic rings. The van der Waals surface area contributed by atoms with E-state index in [2.05, 4.69) is 0 Å². The molecular formula is C12H28N4O2. The molecule has 1 aromatic carbocycles. The second-order valence-electron chi connectivity index (χ2n) is 3.51. The topological polar surface area (TPSA) is 162 Å². The fourth-order valence-electron chi connectivity index (χ4n) is 1.14. The van der Waals surface area contributed by atoms with E-state index in [-0.39, 0.29) is 23.8 Å². The van der Waals surface area contributed by atoms with Gasteiger partial charge in [-0.3, -0.25) is 0 Å². The zero-order valence-electron chi connectivity index (χ0n) is 11.0. The molecule has 0 spiro atoms. The summed E-state index contributed by atoms with van der Waals surface area (Å²) in [5, 5.41) is 17.3. The van der Waals surface area contributed by atoms with Crippen LogP contribution in [0.15, 0.2) is 24.3 Å². The van der Waals surface area contributed by atoms with Crippen molar-refractivity contribution in [1.29, 1.82) is 0 Å². The van der Waals surface area contributed by atoms with Crippen LogP contribution >= 0.6 is 0 Å². The highest BCUT2D eigenvalue weighted by atomic mass is 16.3. The van der Waals surface area contributed by atoms with E-state index in [1.807, 2.05) is 0 Å². The summed E-state index contributed by atoms with van der Waals surface area (Å²) in [6.07, 6.45) is 4.79. The molecule has 0 fully saturated rings. The lowest BCUT2D eigenvalue weighted by Gasteiger charge is -1.94. The average molecular weight is 260 g/mol. The van der Waals surface area contributed by atoms with Crippen LogP contribution in [0.5, 0.6) is 11.5 Å². The van der Waals surface area contributed by atoms with E-state index in [0.29, 0.717) is 0 Å². The van der Waals surface area contributed by atoms with Crippen molar-refractivity contribution in [3.05, 3.63) is 24.3 Å². The maximum absolute atomic E-state index is 8.65. The van der Waals surface area contributed by atoms with Crippen LogP contribution < -0.4 is 23.8 Å². The lowest BCUT2D eigenvalue weighted by Crippen LogP contribution is -2.00. The molecule has 0 heterocycles. The Balaban J connectivity index is -0.000000225. The molecule has 1 rings (SSSR count). The molecule has 0 radical (unpaired) electrons. The van der Waals surface area contributed by atoms with Crippen LogP contribution in [0.3, 0.4) is 0 Å². The van der Waals surface area contributed by atoms with Crippen molar-refractivity contribution in [2.24, 2.45) is 11.5 Å². The molecular weight excluding hydrogens is 232 g/mol. The summed E-state index contributed by atoms with van der Waals surface area (Å²) in [6.45, 7) is 1.65. The van der Waals surface area contributed by atoms with Crippen LogP contribution in [0.4, 0.5) is 0 Å². The van der Waals surface area contributed by atoms with Gasteiger partial charge in [0.15, 0.2) is 0 Å². The van der Waals surface area contributed by atoms with Gasteiger partial charge in [0.1, 0.15) is 11.5 Å². The average Bonchev–Trinajstić information content (AvgIpc) is 2.25.